The number of hydrogen-bond acceptors (Lipinski definition) is 6. The Balaban J connectivity index is 0.000000160. The third-order valence-electron chi connectivity index (χ3n) is 25.8. The Bertz CT molecular complexity index is 4730. The molecule has 4 aliphatic rings. The molecule has 2 aliphatic carbocycles. The molecule has 0 spiro atoms. The summed E-state index contributed by atoms with van der Waals surface area (Å²) in [5, 5.41) is 4.71. The maximum Gasteiger partial charge on any atom is 0.494 e. The zero-order valence-corrected chi connectivity index (χ0v) is 79.9. The average molecular weight is 1860 g/mol. The molecule has 2 aliphatic heterocycles. The van der Waals surface area contributed by atoms with Crippen LogP contribution in [-0.2, 0) is 40.3 Å². The van der Waals surface area contributed by atoms with Gasteiger partial charge >= 0.3 is 14.2 Å². The Hall–Kier alpha value is -6.57. The topological polar surface area (TPSA) is 43.4 Å². The van der Waals surface area contributed by atoms with Crippen LogP contribution in [0.5, 0.6) is 0 Å². The molecule has 15 rings (SSSR count). The molecule has 12 heteroatoms. The molecular weight excluding hydrogens is 1730 g/mol. The molecule has 0 atom stereocenters. The standard InChI is InChI=1S/C46H42Br2N2.C33H48B2O4.C29H40Br2/c1-45(2,3)31-15-23-35(24-16-31)49(37-27-19-33(47)20-28-37)43-39-11-7-9-13-41(39)44(42-14-10-8-12-40(42)43)50(38-29-21-34(48)22-30-38)36-25-17-32(18-26-36)46(4,5)6;1-3-5-7-9-11-13-19-33(20-14-12-10-8-6-4-2)31-25-27(34-36-21-22-37-34)15-17-29(31)30-18-16-28(26-32(30)33)35-38-23-24-39-35;1-3-5-7-9-11-13-19-29(20-14-12-10-8-6-4-2)27-21-23(30)15-17-25(27)26-18-16-24(31)22-28(26)29/h7-30H,1-6H3;15-18,25-26H,3-14,19-24H2,1-2H3;15-18,21-22H,3-14,19-20H2,1-2H3. The van der Waals surface area contributed by atoms with Crippen molar-refractivity contribution in [2.24, 2.45) is 0 Å². The fourth-order valence-electron chi connectivity index (χ4n) is 19.3. The zero-order chi connectivity index (χ0) is 84.2. The lowest BCUT2D eigenvalue weighted by molar-refractivity contribution is 0.365. The third kappa shape index (κ3) is 21.8. The van der Waals surface area contributed by atoms with Gasteiger partial charge in [0.1, 0.15) is 0 Å². The molecule has 0 saturated carbocycles. The number of nitrogens with zero attached hydrogens (tertiary/aromatic N) is 2. The van der Waals surface area contributed by atoms with Crippen LogP contribution in [0.2, 0.25) is 0 Å². The van der Waals surface area contributed by atoms with Gasteiger partial charge in [-0.05, 0) is 200 Å². The predicted molar refractivity (Wildman–Crippen MR) is 531 cm³/mol. The molecule has 0 amide bonds. The van der Waals surface area contributed by atoms with Crippen LogP contribution in [0.3, 0.4) is 0 Å². The molecule has 0 aromatic heterocycles. The lowest BCUT2D eigenvalue weighted by atomic mass is 9.67. The van der Waals surface area contributed by atoms with E-state index in [1.165, 1.54) is 255 Å². The molecule has 2 saturated heterocycles. The molecule has 120 heavy (non-hydrogen) atoms. The average Bonchev–Trinajstić information content (AvgIpc) is 1.38. The van der Waals surface area contributed by atoms with E-state index in [0.717, 1.165) is 54.0 Å². The summed E-state index contributed by atoms with van der Waals surface area (Å²) in [4.78, 5) is 4.85. The Morgan fingerprint density at radius 2 is 0.525 bits per heavy atom. The van der Waals surface area contributed by atoms with Crippen LogP contribution in [-0.4, -0.2) is 40.7 Å². The van der Waals surface area contributed by atoms with Gasteiger partial charge in [-0.1, -0.05) is 408 Å². The normalized spacial score (nSPS) is 14.3. The monoisotopic (exact) mass is 1860 g/mol. The molecular formula is C108H130B2Br4N2O4. The Morgan fingerprint density at radius 1 is 0.283 bits per heavy atom. The first-order valence-corrected chi connectivity index (χ1v) is 49.1. The lowest BCUT2D eigenvalue weighted by Gasteiger charge is -2.33. The van der Waals surface area contributed by atoms with Crippen molar-refractivity contribution in [3.8, 4) is 22.3 Å². The first kappa shape index (κ1) is 91.1. The van der Waals surface area contributed by atoms with Gasteiger partial charge in [-0.15, -0.1) is 0 Å². The molecule has 11 aromatic carbocycles. The maximum atomic E-state index is 5.95. The van der Waals surface area contributed by atoms with Gasteiger partial charge < -0.3 is 28.4 Å². The summed E-state index contributed by atoms with van der Waals surface area (Å²) in [5.41, 5.74) is 23.8. The minimum absolute atomic E-state index is 0.0173. The SMILES string of the molecule is CC(C)(C)c1ccc(N(c2ccc(Br)cc2)c2c3ccccc3c(N(c3ccc(Br)cc3)c3ccc(C(C)(C)C)cc3)c3ccccc23)cc1.CCCCCCCCC1(CCCCCCCC)c2cc(B3OCCO3)ccc2-c2ccc(B3OCCO3)cc21.CCCCCCCCC1(CCCCCCCC)c2cc(Br)ccc2-c2ccc(Br)cc21. The third-order valence-corrected chi connectivity index (χ3v) is 27.8. The van der Waals surface area contributed by atoms with Gasteiger partial charge in [-0.3, -0.25) is 0 Å². The summed E-state index contributed by atoms with van der Waals surface area (Å²) in [6.07, 6.45) is 37.2. The summed E-state index contributed by atoms with van der Waals surface area (Å²) in [5.74, 6) is 0. The highest BCUT2D eigenvalue weighted by atomic mass is 79.9. The van der Waals surface area contributed by atoms with Crippen LogP contribution in [0.4, 0.5) is 34.1 Å². The lowest BCUT2D eigenvalue weighted by Crippen LogP contribution is -2.35. The smallest absolute Gasteiger partial charge is 0.405 e. The number of fused-ring (bicyclic) bond motifs is 8. The van der Waals surface area contributed by atoms with Gasteiger partial charge in [-0.2, -0.15) is 0 Å². The first-order valence-electron chi connectivity index (χ1n) is 45.9. The van der Waals surface area contributed by atoms with Crippen molar-refractivity contribution in [2.45, 2.75) is 271 Å². The minimum atomic E-state index is -0.240. The van der Waals surface area contributed by atoms with Crippen molar-refractivity contribution in [2.75, 3.05) is 36.2 Å². The van der Waals surface area contributed by atoms with Gasteiger partial charge in [0.2, 0.25) is 0 Å². The van der Waals surface area contributed by atoms with Crippen LogP contribution in [0, 0.1) is 0 Å². The maximum absolute atomic E-state index is 5.95. The Labute approximate surface area is 755 Å². The number of benzene rings is 11. The Kier molecular flexibility index (Phi) is 32.9. The fourth-order valence-corrected chi connectivity index (χ4v) is 20.6. The summed E-state index contributed by atoms with van der Waals surface area (Å²) >= 11 is 14.9. The number of halogens is 4. The summed E-state index contributed by atoms with van der Waals surface area (Å²) in [6, 6.07) is 81.2. The second-order valence-electron chi connectivity index (χ2n) is 36.4. The van der Waals surface area contributed by atoms with E-state index >= 15 is 0 Å². The van der Waals surface area contributed by atoms with Crippen molar-refractivity contribution >= 4 is 145 Å². The Morgan fingerprint density at radius 3 is 0.800 bits per heavy atom. The van der Waals surface area contributed by atoms with Gasteiger partial charge in [0.15, 0.2) is 0 Å². The van der Waals surface area contributed by atoms with Gasteiger partial charge in [0, 0.05) is 73.0 Å². The fraction of sp³-hybridized carbons (Fsp3) is 0.426. The minimum Gasteiger partial charge on any atom is -0.405 e. The van der Waals surface area contributed by atoms with E-state index in [1.54, 1.807) is 11.1 Å². The largest absolute Gasteiger partial charge is 0.494 e. The number of unbranched alkanes of at least 4 members (excludes halogenated alkanes) is 20. The second kappa shape index (κ2) is 43.4. The van der Waals surface area contributed by atoms with Gasteiger partial charge in [0.05, 0.1) is 37.8 Å². The van der Waals surface area contributed by atoms with E-state index in [1.807, 2.05) is 0 Å². The molecule has 6 nitrogen and oxygen atoms in total. The van der Waals surface area contributed by atoms with Crippen molar-refractivity contribution in [3.05, 3.63) is 270 Å². The zero-order valence-electron chi connectivity index (χ0n) is 73.6. The van der Waals surface area contributed by atoms with Crippen molar-refractivity contribution in [1.82, 2.24) is 0 Å². The second-order valence-corrected chi connectivity index (χ2v) is 40.0. The molecule has 0 N–H and O–H groups in total. The van der Waals surface area contributed by atoms with Crippen molar-refractivity contribution in [3.63, 3.8) is 0 Å². The first-order chi connectivity index (χ1) is 58.3. The highest BCUT2D eigenvalue weighted by Gasteiger charge is 2.46. The van der Waals surface area contributed by atoms with E-state index in [2.05, 4.69) is 361 Å². The molecule has 0 radical (unpaired) electrons. The van der Waals surface area contributed by atoms with Crippen LogP contribution in [0.1, 0.15) is 282 Å². The summed E-state index contributed by atoms with van der Waals surface area (Å²) in [7, 11) is -0.480. The van der Waals surface area contributed by atoms with E-state index in [4.69, 9.17) is 18.6 Å². The molecule has 630 valence electrons. The number of hydrogen-bond donors (Lipinski definition) is 0. The number of anilines is 6. The molecule has 0 bridgehead atoms. The van der Waals surface area contributed by atoms with Crippen LogP contribution in [0.25, 0.3) is 43.8 Å². The highest BCUT2D eigenvalue weighted by Crippen LogP contribution is 2.58. The van der Waals surface area contributed by atoms with Crippen molar-refractivity contribution in [1.29, 1.82) is 0 Å². The molecule has 2 heterocycles. The van der Waals surface area contributed by atoms with E-state index in [0.29, 0.717) is 26.4 Å². The van der Waals surface area contributed by atoms with Gasteiger partial charge in [0.25, 0.3) is 0 Å². The van der Waals surface area contributed by atoms with Crippen LogP contribution >= 0.6 is 63.7 Å². The molecule has 2 fully saturated rings. The summed E-state index contributed by atoms with van der Waals surface area (Å²) in [6.45, 7) is 25.5. The van der Waals surface area contributed by atoms with E-state index in [-0.39, 0.29) is 35.9 Å². The molecule has 11 aromatic rings. The van der Waals surface area contributed by atoms with Crippen molar-refractivity contribution < 1.29 is 18.6 Å². The predicted octanol–water partition coefficient (Wildman–Crippen LogP) is 33.0. The number of rotatable bonds is 36. The van der Waals surface area contributed by atoms with Gasteiger partial charge in [-0.25, -0.2) is 0 Å². The van der Waals surface area contributed by atoms with Crippen LogP contribution < -0.4 is 20.7 Å². The molecule has 0 unspecified atom stereocenters. The van der Waals surface area contributed by atoms with E-state index in [9.17, 15) is 0 Å². The highest BCUT2D eigenvalue weighted by molar-refractivity contribution is 9.11. The van der Waals surface area contributed by atoms with Crippen LogP contribution in [0.15, 0.2) is 236 Å². The quantitative estimate of drug-likeness (QED) is 0.0169. The van der Waals surface area contributed by atoms with E-state index < -0.39 is 0 Å². The summed E-state index contributed by atoms with van der Waals surface area (Å²) < 4.78 is 28.3.